The quantitative estimate of drug-likeness (QED) is 0.914. The standard InChI is InChI=1S/C14H20O3S/c1-8(2)14-13(15)12-9(7-18-14)10(16-3)5-6-11(12)17-4/h5-6,8,13-15H,7H2,1-4H3. The van der Waals surface area contributed by atoms with Crippen LogP contribution in [0.3, 0.4) is 0 Å². The molecule has 0 radical (unpaired) electrons. The lowest BCUT2D eigenvalue weighted by Gasteiger charge is -2.33. The molecule has 18 heavy (non-hydrogen) atoms. The van der Waals surface area contributed by atoms with Crippen LogP contribution in [-0.2, 0) is 5.75 Å². The van der Waals surface area contributed by atoms with Crippen LogP contribution >= 0.6 is 11.8 Å². The van der Waals surface area contributed by atoms with Crippen LogP contribution in [0.4, 0.5) is 0 Å². The second-order valence-electron chi connectivity index (χ2n) is 4.83. The van der Waals surface area contributed by atoms with Gasteiger partial charge >= 0.3 is 0 Å². The Kier molecular flexibility index (Phi) is 4.07. The van der Waals surface area contributed by atoms with Crippen LogP contribution in [0.25, 0.3) is 0 Å². The SMILES string of the molecule is COc1ccc(OC)c2c1CSC(C(C)C)C2O. The minimum Gasteiger partial charge on any atom is -0.496 e. The summed E-state index contributed by atoms with van der Waals surface area (Å²) in [5.74, 6) is 2.87. The molecule has 2 unspecified atom stereocenters. The second kappa shape index (κ2) is 5.41. The fraction of sp³-hybridized carbons (Fsp3) is 0.571. The number of rotatable bonds is 3. The summed E-state index contributed by atoms with van der Waals surface area (Å²) in [7, 11) is 3.30. The van der Waals surface area contributed by atoms with Crippen LogP contribution < -0.4 is 9.47 Å². The Morgan fingerprint density at radius 1 is 1.22 bits per heavy atom. The molecule has 1 aromatic carbocycles. The summed E-state index contributed by atoms with van der Waals surface area (Å²) in [6, 6.07) is 3.77. The number of methoxy groups -OCH3 is 2. The molecule has 1 aromatic rings. The minimum atomic E-state index is -0.496. The van der Waals surface area contributed by atoms with Crippen molar-refractivity contribution < 1.29 is 14.6 Å². The normalized spacial score (nSPS) is 22.8. The summed E-state index contributed by atoms with van der Waals surface area (Å²) in [6.45, 7) is 4.27. The third-order valence-electron chi connectivity index (χ3n) is 3.40. The Bertz CT molecular complexity index is 431. The average Bonchev–Trinajstić information content (AvgIpc) is 2.37. The van der Waals surface area contributed by atoms with Crippen molar-refractivity contribution in [3.8, 4) is 11.5 Å². The fourth-order valence-electron chi connectivity index (χ4n) is 2.46. The van der Waals surface area contributed by atoms with E-state index >= 15 is 0 Å². The zero-order chi connectivity index (χ0) is 13.3. The smallest absolute Gasteiger partial charge is 0.125 e. The van der Waals surface area contributed by atoms with Crippen molar-refractivity contribution in [3.05, 3.63) is 23.3 Å². The van der Waals surface area contributed by atoms with Crippen molar-refractivity contribution >= 4 is 11.8 Å². The van der Waals surface area contributed by atoms with E-state index in [1.165, 1.54) is 0 Å². The Morgan fingerprint density at radius 3 is 2.39 bits per heavy atom. The molecule has 0 fully saturated rings. The molecule has 2 rings (SSSR count). The van der Waals surface area contributed by atoms with Crippen molar-refractivity contribution in [2.45, 2.75) is 31.0 Å². The summed E-state index contributed by atoms with van der Waals surface area (Å²) < 4.78 is 10.8. The van der Waals surface area contributed by atoms with E-state index in [1.807, 2.05) is 12.1 Å². The first kappa shape index (κ1) is 13.6. The maximum absolute atomic E-state index is 10.6. The highest BCUT2D eigenvalue weighted by atomic mass is 32.2. The number of ether oxygens (including phenoxy) is 2. The molecule has 0 amide bonds. The highest BCUT2D eigenvalue weighted by Crippen LogP contribution is 2.47. The van der Waals surface area contributed by atoms with Crippen molar-refractivity contribution in [1.29, 1.82) is 0 Å². The largest absolute Gasteiger partial charge is 0.496 e. The van der Waals surface area contributed by atoms with E-state index < -0.39 is 6.10 Å². The molecule has 2 atom stereocenters. The Morgan fingerprint density at radius 2 is 1.83 bits per heavy atom. The van der Waals surface area contributed by atoms with Gasteiger partial charge in [-0.1, -0.05) is 13.8 Å². The number of thioether (sulfide) groups is 1. The molecule has 4 heteroatoms. The summed E-state index contributed by atoms with van der Waals surface area (Å²) >= 11 is 1.79. The van der Waals surface area contributed by atoms with Gasteiger partial charge in [0.25, 0.3) is 0 Å². The topological polar surface area (TPSA) is 38.7 Å². The first-order valence-electron chi connectivity index (χ1n) is 6.13. The molecule has 0 saturated carbocycles. The van der Waals surface area contributed by atoms with Gasteiger partial charge in [-0.2, -0.15) is 11.8 Å². The van der Waals surface area contributed by atoms with Gasteiger partial charge in [-0.3, -0.25) is 0 Å². The van der Waals surface area contributed by atoms with Crippen molar-refractivity contribution in [1.82, 2.24) is 0 Å². The third-order valence-corrected chi connectivity index (χ3v) is 5.04. The Balaban J connectivity index is 2.51. The zero-order valence-electron chi connectivity index (χ0n) is 11.3. The van der Waals surface area contributed by atoms with Crippen LogP contribution in [0.15, 0.2) is 12.1 Å². The Hall–Kier alpha value is -0.870. The van der Waals surface area contributed by atoms with Crippen LogP contribution in [0.5, 0.6) is 11.5 Å². The molecule has 3 nitrogen and oxygen atoms in total. The summed E-state index contributed by atoms with van der Waals surface area (Å²) in [6.07, 6.45) is -0.496. The molecular formula is C14H20O3S. The van der Waals surface area contributed by atoms with E-state index in [0.717, 1.165) is 28.4 Å². The van der Waals surface area contributed by atoms with E-state index in [9.17, 15) is 5.11 Å². The molecule has 1 heterocycles. The predicted octanol–water partition coefficient (Wildman–Crippen LogP) is 3.01. The molecule has 0 bridgehead atoms. The van der Waals surface area contributed by atoms with Gasteiger partial charge in [0.1, 0.15) is 11.5 Å². The summed E-state index contributed by atoms with van der Waals surface area (Å²) in [5.41, 5.74) is 1.96. The van der Waals surface area contributed by atoms with E-state index in [-0.39, 0.29) is 5.25 Å². The molecule has 0 aliphatic carbocycles. The molecular weight excluding hydrogens is 248 g/mol. The van der Waals surface area contributed by atoms with Crippen LogP contribution in [0, 0.1) is 5.92 Å². The van der Waals surface area contributed by atoms with Gasteiger partial charge in [0.2, 0.25) is 0 Å². The van der Waals surface area contributed by atoms with Gasteiger partial charge in [0.15, 0.2) is 0 Å². The average molecular weight is 268 g/mol. The molecule has 1 aliphatic rings. The van der Waals surface area contributed by atoms with Crippen molar-refractivity contribution in [2.75, 3.05) is 14.2 Å². The minimum absolute atomic E-state index is 0.207. The highest BCUT2D eigenvalue weighted by molar-refractivity contribution is 7.99. The monoisotopic (exact) mass is 268 g/mol. The van der Waals surface area contributed by atoms with Gasteiger partial charge in [0.05, 0.1) is 20.3 Å². The number of aliphatic hydroxyl groups excluding tert-OH is 1. The van der Waals surface area contributed by atoms with Gasteiger partial charge < -0.3 is 14.6 Å². The van der Waals surface area contributed by atoms with E-state index in [4.69, 9.17) is 9.47 Å². The van der Waals surface area contributed by atoms with E-state index in [0.29, 0.717) is 5.92 Å². The first-order chi connectivity index (χ1) is 8.60. The van der Waals surface area contributed by atoms with Gasteiger partial charge in [-0.05, 0) is 18.1 Å². The van der Waals surface area contributed by atoms with Crippen LogP contribution in [0.1, 0.15) is 31.1 Å². The molecule has 1 N–H and O–H groups in total. The maximum Gasteiger partial charge on any atom is 0.125 e. The number of hydrogen-bond donors (Lipinski definition) is 1. The number of fused-ring (bicyclic) bond motifs is 1. The lowest BCUT2D eigenvalue weighted by molar-refractivity contribution is 0.151. The summed E-state index contributed by atoms with van der Waals surface area (Å²) in [4.78, 5) is 0. The molecule has 1 aliphatic heterocycles. The van der Waals surface area contributed by atoms with Crippen molar-refractivity contribution in [3.63, 3.8) is 0 Å². The number of aliphatic hydroxyl groups is 1. The number of hydrogen-bond acceptors (Lipinski definition) is 4. The number of benzene rings is 1. The summed E-state index contributed by atoms with van der Waals surface area (Å²) in [5, 5.41) is 10.8. The Labute approximate surface area is 112 Å². The predicted molar refractivity (Wildman–Crippen MR) is 74.4 cm³/mol. The molecule has 0 saturated heterocycles. The highest BCUT2D eigenvalue weighted by Gasteiger charge is 2.34. The van der Waals surface area contributed by atoms with Gasteiger partial charge in [-0.15, -0.1) is 0 Å². The van der Waals surface area contributed by atoms with Crippen molar-refractivity contribution in [2.24, 2.45) is 5.92 Å². The van der Waals surface area contributed by atoms with Crippen LogP contribution in [0.2, 0.25) is 0 Å². The zero-order valence-corrected chi connectivity index (χ0v) is 12.1. The molecule has 100 valence electrons. The lowest BCUT2D eigenvalue weighted by Crippen LogP contribution is -2.26. The third kappa shape index (κ3) is 2.19. The van der Waals surface area contributed by atoms with Gasteiger partial charge in [0, 0.05) is 22.1 Å². The maximum atomic E-state index is 10.6. The van der Waals surface area contributed by atoms with Crippen LogP contribution in [-0.4, -0.2) is 24.6 Å². The van der Waals surface area contributed by atoms with E-state index in [1.54, 1.807) is 26.0 Å². The van der Waals surface area contributed by atoms with Gasteiger partial charge in [-0.25, -0.2) is 0 Å². The fourth-order valence-corrected chi connectivity index (χ4v) is 3.82. The lowest BCUT2D eigenvalue weighted by atomic mass is 9.93. The molecule has 0 spiro atoms. The molecule has 0 aromatic heterocycles. The second-order valence-corrected chi connectivity index (χ2v) is 5.99. The van der Waals surface area contributed by atoms with E-state index in [2.05, 4.69) is 13.8 Å². The first-order valence-corrected chi connectivity index (χ1v) is 7.18.